The lowest BCUT2D eigenvalue weighted by molar-refractivity contribution is -0.525. The van der Waals surface area contributed by atoms with Gasteiger partial charge < -0.3 is 9.47 Å². The lowest BCUT2D eigenvalue weighted by Gasteiger charge is -2.31. The number of nitro groups is 1. The summed E-state index contributed by atoms with van der Waals surface area (Å²) >= 11 is 0. The first-order chi connectivity index (χ1) is 15.6. The van der Waals surface area contributed by atoms with Crippen LogP contribution < -0.4 is 0 Å². The maximum Gasteiger partial charge on any atom is 0.410 e. The summed E-state index contributed by atoms with van der Waals surface area (Å²) in [6.07, 6.45) is 3.82. The molecule has 2 fully saturated rings. The topological polar surface area (TPSA) is 81.9 Å². The zero-order valence-electron chi connectivity index (χ0n) is 18.2. The summed E-state index contributed by atoms with van der Waals surface area (Å²) in [4.78, 5) is 25.4. The van der Waals surface area contributed by atoms with E-state index in [-0.39, 0.29) is 24.2 Å². The molecule has 2 aromatic rings. The molecular weight excluding hydrogens is 408 g/mol. The van der Waals surface area contributed by atoms with E-state index in [2.05, 4.69) is 24.3 Å². The molecule has 1 saturated carbocycles. The Morgan fingerprint density at radius 2 is 1.62 bits per heavy atom. The molecule has 0 N–H and O–H groups in total. The number of amides is 1. The molecule has 1 heterocycles. The molecule has 32 heavy (non-hydrogen) atoms. The minimum atomic E-state index is -0.820. The Bertz CT molecular complexity index is 884. The van der Waals surface area contributed by atoms with E-state index in [0.717, 1.165) is 31.2 Å². The van der Waals surface area contributed by atoms with Gasteiger partial charge in [-0.05, 0) is 42.7 Å². The van der Waals surface area contributed by atoms with E-state index in [9.17, 15) is 14.9 Å². The first-order valence-electron chi connectivity index (χ1n) is 11.4. The molecule has 2 aliphatic rings. The van der Waals surface area contributed by atoms with Crippen LogP contribution in [0, 0.1) is 10.1 Å². The fourth-order valence-electron chi connectivity index (χ4n) is 4.84. The van der Waals surface area contributed by atoms with Crippen LogP contribution in [0.2, 0.25) is 0 Å². The third-order valence-corrected chi connectivity index (χ3v) is 6.67. The molecular formula is C25H30N2O5. The van der Waals surface area contributed by atoms with Gasteiger partial charge in [0.15, 0.2) is 0 Å². The predicted octanol–water partition coefficient (Wildman–Crippen LogP) is 4.79. The first-order valence-corrected chi connectivity index (χ1v) is 11.4. The van der Waals surface area contributed by atoms with Crippen LogP contribution in [0.15, 0.2) is 60.7 Å². The van der Waals surface area contributed by atoms with Crippen LogP contribution in [0.4, 0.5) is 4.79 Å². The van der Waals surface area contributed by atoms with Gasteiger partial charge in [0, 0.05) is 17.9 Å². The van der Waals surface area contributed by atoms with E-state index in [0.29, 0.717) is 18.9 Å². The molecule has 0 aromatic heterocycles. The van der Waals surface area contributed by atoms with Gasteiger partial charge in [-0.25, -0.2) is 4.79 Å². The van der Waals surface area contributed by atoms with E-state index < -0.39 is 18.2 Å². The Kier molecular flexibility index (Phi) is 7.37. The summed E-state index contributed by atoms with van der Waals surface area (Å²) in [5.41, 5.74) is 2.25. The van der Waals surface area contributed by atoms with Gasteiger partial charge in [-0.15, -0.1) is 0 Å². The molecule has 1 aliphatic heterocycles. The SMILES string of the molecule is O=C(OCc1ccccc1)N1CCC([N+](=O)[O-])C1CO[C@H]1CC[C@@H](c2ccccc2)CC1. The Labute approximate surface area is 188 Å². The molecule has 170 valence electrons. The van der Waals surface area contributed by atoms with Crippen molar-refractivity contribution in [1.82, 2.24) is 4.90 Å². The normalized spacial score (nSPS) is 25.4. The van der Waals surface area contributed by atoms with E-state index >= 15 is 0 Å². The zero-order chi connectivity index (χ0) is 22.3. The van der Waals surface area contributed by atoms with Crippen molar-refractivity contribution in [2.75, 3.05) is 13.2 Å². The molecule has 2 aromatic carbocycles. The Hall–Kier alpha value is -2.93. The van der Waals surface area contributed by atoms with Crippen molar-refractivity contribution in [3.63, 3.8) is 0 Å². The molecule has 2 atom stereocenters. The highest BCUT2D eigenvalue weighted by Gasteiger charge is 2.45. The molecule has 0 radical (unpaired) electrons. The highest BCUT2D eigenvalue weighted by Crippen LogP contribution is 2.34. The van der Waals surface area contributed by atoms with Crippen LogP contribution in [0.25, 0.3) is 0 Å². The van der Waals surface area contributed by atoms with E-state index in [1.807, 2.05) is 36.4 Å². The first kappa shape index (κ1) is 22.3. The highest BCUT2D eigenvalue weighted by atomic mass is 16.6. The van der Waals surface area contributed by atoms with Crippen LogP contribution in [-0.2, 0) is 16.1 Å². The number of benzene rings is 2. The minimum Gasteiger partial charge on any atom is -0.445 e. The predicted molar refractivity (Wildman–Crippen MR) is 120 cm³/mol. The second kappa shape index (κ2) is 10.6. The average molecular weight is 439 g/mol. The van der Waals surface area contributed by atoms with E-state index in [1.54, 1.807) is 0 Å². The Morgan fingerprint density at radius 3 is 2.28 bits per heavy atom. The van der Waals surface area contributed by atoms with Crippen molar-refractivity contribution in [1.29, 1.82) is 0 Å². The van der Waals surface area contributed by atoms with Crippen molar-refractivity contribution in [3.05, 3.63) is 81.9 Å². The fourth-order valence-corrected chi connectivity index (χ4v) is 4.84. The second-order valence-electron chi connectivity index (χ2n) is 8.66. The van der Waals surface area contributed by atoms with Gasteiger partial charge in [-0.1, -0.05) is 60.7 Å². The quantitative estimate of drug-likeness (QED) is 0.459. The lowest BCUT2D eigenvalue weighted by Crippen LogP contribution is -2.46. The molecule has 7 heteroatoms. The molecule has 1 saturated heterocycles. The summed E-state index contributed by atoms with van der Waals surface area (Å²) in [7, 11) is 0. The van der Waals surface area contributed by atoms with Gasteiger partial charge in [0.2, 0.25) is 6.04 Å². The third-order valence-electron chi connectivity index (χ3n) is 6.67. The number of nitrogens with zero attached hydrogens (tertiary/aromatic N) is 2. The van der Waals surface area contributed by atoms with Crippen molar-refractivity contribution < 1.29 is 19.2 Å². The number of hydrogen-bond acceptors (Lipinski definition) is 5. The number of ether oxygens (including phenoxy) is 2. The zero-order valence-corrected chi connectivity index (χ0v) is 18.2. The summed E-state index contributed by atoms with van der Waals surface area (Å²) < 4.78 is 11.6. The summed E-state index contributed by atoms with van der Waals surface area (Å²) in [6.45, 7) is 0.636. The fraction of sp³-hybridized carbons (Fsp3) is 0.480. The van der Waals surface area contributed by atoms with Crippen molar-refractivity contribution in [2.24, 2.45) is 0 Å². The van der Waals surface area contributed by atoms with Gasteiger partial charge in [0.1, 0.15) is 12.6 Å². The van der Waals surface area contributed by atoms with Crippen LogP contribution in [0.5, 0.6) is 0 Å². The smallest absolute Gasteiger partial charge is 0.410 e. The number of rotatable bonds is 7. The summed E-state index contributed by atoms with van der Waals surface area (Å²) in [5.74, 6) is 0.540. The molecule has 4 rings (SSSR count). The number of carbonyl (C=O) groups is 1. The minimum absolute atomic E-state index is 0.0742. The molecule has 0 bridgehead atoms. The second-order valence-corrected chi connectivity index (χ2v) is 8.66. The molecule has 1 aliphatic carbocycles. The van der Waals surface area contributed by atoms with E-state index in [1.165, 1.54) is 10.5 Å². The van der Waals surface area contributed by atoms with Crippen molar-refractivity contribution >= 4 is 6.09 Å². The largest absolute Gasteiger partial charge is 0.445 e. The van der Waals surface area contributed by atoms with Gasteiger partial charge in [-0.2, -0.15) is 0 Å². The Morgan fingerprint density at radius 1 is 0.969 bits per heavy atom. The van der Waals surface area contributed by atoms with Gasteiger partial charge in [0.25, 0.3) is 0 Å². The van der Waals surface area contributed by atoms with Crippen LogP contribution in [0.3, 0.4) is 0 Å². The van der Waals surface area contributed by atoms with Crippen molar-refractivity contribution in [3.8, 4) is 0 Å². The molecule has 7 nitrogen and oxygen atoms in total. The monoisotopic (exact) mass is 438 g/mol. The van der Waals surface area contributed by atoms with Crippen LogP contribution in [0.1, 0.15) is 49.1 Å². The van der Waals surface area contributed by atoms with Crippen LogP contribution >= 0.6 is 0 Å². The number of likely N-dealkylation sites (tertiary alicyclic amines) is 1. The third kappa shape index (κ3) is 5.46. The van der Waals surface area contributed by atoms with Gasteiger partial charge in [0.05, 0.1) is 12.7 Å². The number of carbonyl (C=O) groups excluding carboxylic acids is 1. The highest BCUT2D eigenvalue weighted by molar-refractivity contribution is 5.68. The summed E-state index contributed by atoms with van der Waals surface area (Å²) in [5, 5.41) is 11.6. The average Bonchev–Trinajstić information content (AvgIpc) is 3.27. The lowest BCUT2D eigenvalue weighted by atomic mass is 9.83. The Balaban J connectivity index is 1.30. The van der Waals surface area contributed by atoms with Crippen molar-refractivity contribution in [2.45, 2.75) is 62.8 Å². The maximum atomic E-state index is 12.7. The maximum absolute atomic E-state index is 12.7. The van der Waals surface area contributed by atoms with Crippen LogP contribution in [-0.4, -0.2) is 47.3 Å². The summed E-state index contributed by atoms with van der Waals surface area (Å²) in [6, 6.07) is 18.5. The molecule has 2 unspecified atom stereocenters. The standard InChI is InChI=1S/C25H30N2O5/c28-25(32-17-19-7-3-1-4-8-19)26-16-15-23(27(29)30)24(26)18-31-22-13-11-21(12-14-22)20-9-5-2-6-10-20/h1-10,21-24H,11-18H2/t21-,22+,23?,24?. The van der Waals surface area contributed by atoms with Gasteiger partial charge >= 0.3 is 6.09 Å². The number of hydrogen-bond donors (Lipinski definition) is 0. The molecule has 1 amide bonds. The molecule has 0 spiro atoms. The van der Waals surface area contributed by atoms with Gasteiger partial charge in [-0.3, -0.25) is 15.0 Å². The van der Waals surface area contributed by atoms with E-state index in [4.69, 9.17) is 9.47 Å².